The van der Waals surface area contributed by atoms with Gasteiger partial charge in [0.05, 0.1) is 11.2 Å². The first-order valence-electron chi connectivity index (χ1n) is 6.27. The topological polar surface area (TPSA) is 31.4 Å². The first kappa shape index (κ1) is 13.3. The number of nitrogens with zero attached hydrogens (tertiary/aromatic N) is 1. The van der Waals surface area contributed by atoms with Crippen LogP contribution in [-0.2, 0) is 15.7 Å². The Balaban J connectivity index is 2.32. The highest BCUT2D eigenvalue weighted by Gasteiger charge is 2.52. The summed E-state index contributed by atoms with van der Waals surface area (Å²) in [6.45, 7) is 12.0. The predicted molar refractivity (Wildman–Crippen MR) is 73.9 cm³/mol. The van der Waals surface area contributed by atoms with Crippen LogP contribution in [0.5, 0.6) is 0 Å². The van der Waals surface area contributed by atoms with Gasteiger partial charge in [-0.05, 0) is 45.7 Å². The van der Waals surface area contributed by atoms with Gasteiger partial charge < -0.3 is 9.31 Å². The zero-order chi connectivity index (χ0) is 13.4. The van der Waals surface area contributed by atoms with Crippen LogP contribution in [-0.4, -0.2) is 23.3 Å². The quantitative estimate of drug-likeness (QED) is 0.603. The minimum atomic E-state index is -0.348. The minimum Gasteiger partial charge on any atom is -0.399 e. The number of aromatic nitrogens is 1. The number of allylic oxidation sites excluding steroid dienone is 1. The molecule has 0 saturated carbocycles. The van der Waals surface area contributed by atoms with Crippen molar-refractivity contribution in [2.75, 3.05) is 0 Å². The Hall–Kier alpha value is -1.13. The SMILES string of the molecule is C=CCc1ccncc1B1OC(C)(C)C(C)(C)O1. The van der Waals surface area contributed by atoms with Crippen molar-refractivity contribution < 1.29 is 9.31 Å². The van der Waals surface area contributed by atoms with E-state index in [2.05, 4.69) is 39.3 Å². The van der Waals surface area contributed by atoms with E-state index in [9.17, 15) is 0 Å². The maximum atomic E-state index is 6.04. The lowest BCUT2D eigenvalue weighted by Crippen LogP contribution is -2.41. The van der Waals surface area contributed by atoms with Crippen LogP contribution >= 0.6 is 0 Å². The molecule has 0 atom stereocenters. The fourth-order valence-corrected chi connectivity index (χ4v) is 1.96. The zero-order valence-corrected chi connectivity index (χ0v) is 11.6. The molecule has 0 N–H and O–H groups in total. The Morgan fingerprint density at radius 3 is 2.44 bits per heavy atom. The normalized spacial score (nSPS) is 21.0. The summed E-state index contributed by atoms with van der Waals surface area (Å²) in [5.74, 6) is 0. The third kappa shape index (κ3) is 2.23. The molecule has 0 amide bonds. The lowest BCUT2D eigenvalue weighted by Gasteiger charge is -2.32. The standard InChI is InChI=1S/C14H20BNO2/c1-6-7-11-8-9-16-10-12(11)15-17-13(2,3)14(4,5)18-15/h6,8-10H,1,7H2,2-5H3. The first-order valence-corrected chi connectivity index (χ1v) is 6.27. The molecule has 1 aliphatic rings. The molecule has 4 heteroatoms. The Labute approximate surface area is 109 Å². The van der Waals surface area contributed by atoms with Crippen molar-refractivity contribution in [3.63, 3.8) is 0 Å². The van der Waals surface area contributed by atoms with Gasteiger partial charge in [-0.1, -0.05) is 6.08 Å². The predicted octanol–water partition coefficient (Wildman–Crippen LogP) is 2.11. The molecule has 0 radical (unpaired) electrons. The molecule has 0 spiro atoms. The summed E-state index contributed by atoms with van der Waals surface area (Å²) < 4.78 is 12.1. The third-order valence-electron chi connectivity index (χ3n) is 3.82. The molecule has 2 rings (SSSR count). The lowest BCUT2D eigenvalue weighted by atomic mass is 9.76. The average Bonchev–Trinajstić information content (AvgIpc) is 2.49. The monoisotopic (exact) mass is 245 g/mol. The van der Waals surface area contributed by atoms with Gasteiger partial charge in [-0.15, -0.1) is 6.58 Å². The van der Waals surface area contributed by atoms with Gasteiger partial charge in [-0.25, -0.2) is 0 Å². The largest absolute Gasteiger partial charge is 0.496 e. The molecule has 96 valence electrons. The van der Waals surface area contributed by atoms with E-state index < -0.39 is 0 Å². The van der Waals surface area contributed by atoms with Crippen molar-refractivity contribution in [1.82, 2.24) is 4.98 Å². The molecule has 1 fully saturated rings. The van der Waals surface area contributed by atoms with E-state index in [1.807, 2.05) is 18.3 Å². The summed E-state index contributed by atoms with van der Waals surface area (Å²) in [5, 5.41) is 0. The van der Waals surface area contributed by atoms with Crippen molar-refractivity contribution in [2.24, 2.45) is 0 Å². The van der Waals surface area contributed by atoms with Crippen molar-refractivity contribution in [1.29, 1.82) is 0 Å². The van der Waals surface area contributed by atoms with Crippen LogP contribution in [0.15, 0.2) is 31.1 Å². The number of rotatable bonds is 3. The summed E-state index contributed by atoms with van der Waals surface area (Å²) in [6.07, 6.45) is 6.28. The van der Waals surface area contributed by atoms with Crippen LogP contribution in [0.2, 0.25) is 0 Å². The maximum absolute atomic E-state index is 6.04. The van der Waals surface area contributed by atoms with E-state index in [1.165, 1.54) is 0 Å². The fourth-order valence-electron chi connectivity index (χ4n) is 1.96. The van der Waals surface area contributed by atoms with Gasteiger partial charge in [0.15, 0.2) is 0 Å². The van der Waals surface area contributed by atoms with Crippen LogP contribution in [0.1, 0.15) is 33.3 Å². The maximum Gasteiger partial charge on any atom is 0.496 e. The van der Waals surface area contributed by atoms with Gasteiger partial charge in [-0.2, -0.15) is 0 Å². The van der Waals surface area contributed by atoms with E-state index >= 15 is 0 Å². The van der Waals surface area contributed by atoms with Crippen LogP contribution in [0.3, 0.4) is 0 Å². The molecular formula is C14H20BNO2. The van der Waals surface area contributed by atoms with Crippen LogP contribution in [0.25, 0.3) is 0 Å². The Bertz CT molecular complexity index is 441. The second kappa shape index (κ2) is 4.52. The van der Waals surface area contributed by atoms with Gasteiger partial charge in [0.1, 0.15) is 0 Å². The van der Waals surface area contributed by atoms with Gasteiger partial charge in [0.25, 0.3) is 0 Å². The molecule has 0 aliphatic carbocycles. The average molecular weight is 245 g/mol. The third-order valence-corrected chi connectivity index (χ3v) is 3.82. The van der Waals surface area contributed by atoms with E-state index in [0.717, 1.165) is 17.4 Å². The number of pyridine rings is 1. The fraction of sp³-hybridized carbons (Fsp3) is 0.500. The molecular weight excluding hydrogens is 225 g/mol. The van der Waals surface area contributed by atoms with Crippen molar-refractivity contribution >= 4 is 12.6 Å². The highest BCUT2D eigenvalue weighted by Crippen LogP contribution is 2.36. The Morgan fingerprint density at radius 1 is 1.28 bits per heavy atom. The minimum absolute atomic E-state index is 0.320. The van der Waals surface area contributed by atoms with Gasteiger partial charge in [0, 0.05) is 17.9 Å². The molecule has 2 heterocycles. The Morgan fingerprint density at radius 2 is 1.89 bits per heavy atom. The van der Waals surface area contributed by atoms with Crippen molar-refractivity contribution in [3.05, 3.63) is 36.7 Å². The molecule has 0 bridgehead atoms. The van der Waals surface area contributed by atoms with Crippen LogP contribution in [0.4, 0.5) is 0 Å². The highest BCUT2D eigenvalue weighted by atomic mass is 16.7. The highest BCUT2D eigenvalue weighted by molar-refractivity contribution is 6.62. The molecule has 3 nitrogen and oxygen atoms in total. The second-order valence-corrected chi connectivity index (χ2v) is 5.66. The summed E-state index contributed by atoms with van der Waals surface area (Å²) in [6, 6.07) is 1.99. The molecule has 1 aliphatic heterocycles. The van der Waals surface area contributed by atoms with E-state index in [-0.39, 0.29) is 18.3 Å². The zero-order valence-electron chi connectivity index (χ0n) is 11.6. The molecule has 1 saturated heterocycles. The summed E-state index contributed by atoms with van der Waals surface area (Å²) >= 11 is 0. The summed E-state index contributed by atoms with van der Waals surface area (Å²) in [4.78, 5) is 4.17. The van der Waals surface area contributed by atoms with E-state index in [0.29, 0.717) is 0 Å². The first-order chi connectivity index (χ1) is 8.37. The summed E-state index contributed by atoms with van der Waals surface area (Å²) in [7, 11) is -0.348. The summed E-state index contributed by atoms with van der Waals surface area (Å²) in [5.41, 5.74) is 1.51. The number of hydrogen-bond acceptors (Lipinski definition) is 3. The molecule has 0 aromatic carbocycles. The van der Waals surface area contributed by atoms with E-state index in [1.54, 1.807) is 6.20 Å². The van der Waals surface area contributed by atoms with Crippen LogP contribution < -0.4 is 5.46 Å². The van der Waals surface area contributed by atoms with Gasteiger partial charge in [0.2, 0.25) is 0 Å². The van der Waals surface area contributed by atoms with Crippen molar-refractivity contribution in [2.45, 2.75) is 45.3 Å². The molecule has 1 aromatic heterocycles. The van der Waals surface area contributed by atoms with Gasteiger partial charge >= 0.3 is 7.12 Å². The second-order valence-electron chi connectivity index (χ2n) is 5.66. The van der Waals surface area contributed by atoms with Crippen molar-refractivity contribution in [3.8, 4) is 0 Å². The molecule has 18 heavy (non-hydrogen) atoms. The number of hydrogen-bond donors (Lipinski definition) is 0. The molecule has 0 unspecified atom stereocenters. The lowest BCUT2D eigenvalue weighted by molar-refractivity contribution is 0.00578. The Kier molecular flexibility index (Phi) is 3.34. The van der Waals surface area contributed by atoms with E-state index in [4.69, 9.17) is 9.31 Å². The van der Waals surface area contributed by atoms with Crippen LogP contribution in [0, 0.1) is 0 Å². The smallest absolute Gasteiger partial charge is 0.399 e. The van der Waals surface area contributed by atoms with Gasteiger partial charge in [-0.3, -0.25) is 4.98 Å². The molecule has 1 aromatic rings.